The van der Waals surface area contributed by atoms with Gasteiger partial charge in [0.2, 0.25) is 0 Å². The summed E-state index contributed by atoms with van der Waals surface area (Å²) in [6, 6.07) is 10.3. The molecule has 0 radical (unpaired) electrons. The minimum absolute atomic E-state index is 0.151. The van der Waals surface area contributed by atoms with E-state index in [1.807, 2.05) is 30.1 Å². The van der Waals surface area contributed by atoms with Crippen molar-refractivity contribution in [2.75, 3.05) is 7.05 Å². The number of likely N-dealkylation sites (N-methyl/N-ethyl adjacent to an activating group) is 1. The molecule has 1 saturated heterocycles. The summed E-state index contributed by atoms with van der Waals surface area (Å²) in [6.45, 7) is 2.07. The Labute approximate surface area is 120 Å². The minimum atomic E-state index is -0.519. The first kappa shape index (κ1) is 13.5. The summed E-state index contributed by atoms with van der Waals surface area (Å²) < 4.78 is 5.80. The molecule has 0 N–H and O–H groups in total. The zero-order chi connectivity index (χ0) is 14.2. The van der Waals surface area contributed by atoms with Gasteiger partial charge >= 0.3 is 6.09 Å². The normalized spacial score (nSPS) is 31.4. The molecule has 20 heavy (non-hydrogen) atoms. The number of carbonyl (C=O) groups excluding carboxylic acids is 1. The van der Waals surface area contributed by atoms with Gasteiger partial charge in [0.05, 0.1) is 6.04 Å². The second-order valence-corrected chi connectivity index (χ2v) is 6.29. The number of hydrogen-bond donors (Lipinski definition) is 0. The Hall–Kier alpha value is -1.51. The van der Waals surface area contributed by atoms with Gasteiger partial charge in [0, 0.05) is 7.05 Å². The van der Waals surface area contributed by atoms with Gasteiger partial charge in [-0.3, -0.25) is 0 Å². The summed E-state index contributed by atoms with van der Waals surface area (Å²) in [5.74, 6) is 0.547. The number of hydrogen-bond acceptors (Lipinski definition) is 2. The van der Waals surface area contributed by atoms with Crippen molar-refractivity contribution in [1.29, 1.82) is 0 Å². The molecule has 1 aliphatic heterocycles. The zero-order valence-corrected chi connectivity index (χ0v) is 12.3. The summed E-state index contributed by atoms with van der Waals surface area (Å²) in [5, 5.41) is 0. The SMILES string of the molecule is CN1C(=O)O[C@](C)(c2ccccc2)[C@@H]1C1CCCCC1. The largest absolute Gasteiger partial charge is 0.436 e. The molecule has 3 heteroatoms. The van der Waals surface area contributed by atoms with Crippen LogP contribution in [0.3, 0.4) is 0 Å². The highest BCUT2D eigenvalue weighted by molar-refractivity contribution is 5.71. The Morgan fingerprint density at radius 2 is 1.80 bits per heavy atom. The zero-order valence-electron chi connectivity index (χ0n) is 12.3. The summed E-state index contributed by atoms with van der Waals surface area (Å²) in [6.07, 6.45) is 6.08. The van der Waals surface area contributed by atoms with Gasteiger partial charge in [-0.25, -0.2) is 4.79 Å². The van der Waals surface area contributed by atoms with Gasteiger partial charge in [0.25, 0.3) is 0 Å². The summed E-state index contributed by atoms with van der Waals surface area (Å²) in [4.78, 5) is 13.9. The lowest BCUT2D eigenvalue weighted by atomic mass is 9.74. The van der Waals surface area contributed by atoms with Crippen LogP contribution in [-0.2, 0) is 10.3 Å². The molecule has 2 aliphatic rings. The van der Waals surface area contributed by atoms with Gasteiger partial charge in [-0.15, -0.1) is 0 Å². The average molecular weight is 273 g/mol. The topological polar surface area (TPSA) is 29.5 Å². The third-order valence-electron chi connectivity index (χ3n) is 5.01. The highest BCUT2D eigenvalue weighted by atomic mass is 16.6. The Balaban J connectivity index is 1.97. The lowest BCUT2D eigenvalue weighted by molar-refractivity contribution is 0.0238. The van der Waals surface area contributed by atoms with Gasteiger partial charge in [-0.1, -0.05) is 49.6 Å². The van der Waals surface area contributed by atoms with Crippen molar-refractivity contribution >= 4 is 6.09 Å². The molecule has 0 aromatic heterocycles. The van der Waals surface area contributed by atoms with E-state index in [4.69, 9.17) is 4.74 Å². The standard InChI is InChI=1S/C17H23NO2/c1-17(14-11-7-4-8-12-14)15(18(2)16(19)20-17)13-9-5-3-6-10-13/h4,7-8,11-13,15H,3,5-6,9-10H2,1-2H3/t15-,17+/m0/s1. The number of rotatable bonds is 2. The maximum Gasteiger partial charge on any atom is 0.410 e. The first-order valence-corrected chi connectivity index (χ1v) is 7.64. The number of cyclic esters (lactones) is 1. The van der Waals surface area contributed by atoms with Crippen molar-refractivity contribution < 1.29 is 9.53 Å². The lowest BCUT2D eigenvalue weighted by Gasteiger charge is -2.38. The molecule has 2 atom stereocenters. The molecular weight excluding hydrogens is 250 g/mol. The van der Waals surface area contributed by atoms with E-state index in [1.54, 1.807) is 0 Å². The number of amides is 1. The van der Waals surface area contributed by atoms with Gasteiger partial charge < -0.3 is 9.64 Å². The van der Waals surface area contributed by atoms with Crippen molar-refractivity contribution in [3.63, 3.8) is 0 Å². The fourth-order valence-corrected chi connectivity index (χ4v) is 4.01. The van der Waals surface area contributed by atoms with Crippen LogP contribution in [0.4, 0.5) is 4.79 Å². The van der Waals surface area contributed by atoms with Crippen LogP contribution in [-0.4, -0.2) is 24.1 Å². The molecule has 1 aliphatic carbocycles. The minimum Gasteiger partial charge on any atom is -0.436 e. The fourth-order valence-electron chi connectivity index (χ4n) is 4.01. The molecule has 0 unspecified atom stereocenters. The number of benzene rings is 1. The van der Waals surface area contributed by atoms with Gasteiger partial charge in [-0.05, 0) is 31.2 Å². The van der Waals surface area contributed by atoms with Crippen LogP contribution in [0.1, 0.15) is 44.6 Å². The lowest BCUT2D eigenvalue weighted by Crippen LogP contribution is -2.46. The maximum absolute atomic E-state index is 12.1. The molecule has 1 amide bonds. The third-order valence-corrected chi connectivity index (χ3v) is 5.01. The second kappa shape index (κ2) is 5.12. The van der Waals surface area contributed by atoms with Crippen molar-refractivity contribution in [3.05, 3.63) is 35.9 Å². The molecule has 0 bridgehead atoms. The van der Waals surface area contributed by atoms with E-state index in [2.05, 4.69) is 19.1 Å². The van der Waals surface area contributed by atoms with Crippen molar-refractivity contribution in [2.45, 2.75) is 50.7 Å². The highest BCUT2D eigenvalue weighted by Crippen LogP contribution is 2.45. The number of nitrogens with zero attached hydrogens (tertiary/aromatic N) is 1. The monoisotopic (exact) mass is 273 g/mol. The first-order chi connectivity index (χ1) is 9.63. The van der Waals surface area contributed by atoms with E-state index in [1.165, 1.54) is 32.1 Å². The Kier molecular flexibility index (Phi) is 3.45. The highest BCUT2D eigenvalue weighted by Gasteiger charge is 2.53. The summed E-state index contributed by atoms with van der Waals surface area (Å²) >= 11 is 0. The Morgan fingerprint density at radius 1 is 1.15 bits per heavy atom. The molecule has 1 aromatic rings. The van der Waals surface area contributed by atoms with Crippen molar-refractivity contribution in [3.8, 4) is 0 Å². The predicted octanol–water partition coefficient (Wildman–Crippen LogP) is 3.93. The molecule has 3 rings (SSSR count). The quantitative estimate of drug-likeness (QED) is 0.817. The Morgan fingerprint density at radius 3 is 2.45 bits per heavy atom. The molecule has 1 heterocycles. The van der Waals surface area contributed by atoms with E-state index in [9.17, 15) is 4.79 Å². The molecule has 1 saturated carbocycles. The van der Waals surface area contributed by atoms with Crippen LogP contribution in [0.25, 0.3) is 0 Å². The summed E-state index contributed by atoms with van der Waals surface area (Å²) in [5.41, 5.74) is 0.586. The molecular formula is C17H23NO2. The van der Waals surface area contributed by atoms with E-state index in [0.29, 0.717) is 5.92 Å². The fraction of sp³-hybridized carbons (Fsp3) is 0.588. The molecule has 0 spiro atoms. The summed E-state index contributed by atoms with van der Waals surface area (Å²) in [7, 11) is 1.88. The van der Waals surface area contributed by atoms with Crippen LogP contribution in [0, 0.1) is 5.92 Å². The average Bonchev–Trinajstić information content (AvgIpc) is 2.72. The maximum atomic E-state index is 12.1. The molecule has 2 fully saturated rings. The van der Waals surface area contributed by atoms with Crippen molar-refractivity contribution in [1.82, 2.24) is 4.90 Å². The second-order valence-electron chi connectivity index (χ2n) is 6.29. The first-order valence-electron chi connectivity index (χ1n) is 7.64. The van der Waals surface area contributed by atoms with Crippen LogP contribution < -0.4 is 0 Å². The third kappa shape index (κ3) is 2.09. The van der Waals surface area contributed by atoms with Crippen LogP contribution in [0.5, 0.6) is 0 Å². The molecule has 1 aromatic carbocycles. The van der Waals surface area contributed by atoms with Gasteiger partial charge in [-0.2, -0.15) is 0 Å². The number of carbonyl (C=O) groups is 1. The van der Waals surface area contributed by atoms with E-state index >= 15 is 0 Å². The van der Waals surface area contributed by atoms with Crippen molar-refractivity contribution in [2.24, 2.45) is 5.92 Å². The van der Waals surface area contributed by atoms with E-state index in [-0.39, 0.29) is 12.1 Å². The molecule has 3 nitrogen and oxygen atoms in total. The van der Waals surface area contributed by atoms with Crippen LogP contribution in [0.2, 0.25) is 0 Å². The van der Waals surface area contributed by atoms with E-state index in [0.717, 1.165) is 5.56 Å². The van der Waals surface area contributed by atoms with Gasteiger partial charge in [0.1, 0.15) is 0 Å². The van der Waals surface area contributed by atoms with E-state index < -0.39 is 5.60 Å². The predicted molar refractivity (Wildman–Crippen MR) is 78.4 cm³/mol. The Bertz CT molecular complexity index is 481. The van der Waals surface area contributed by atoms with Crippen LogP contribution in [0.15, 0.2) is 30.3 Å². The number of ether oxygens (including phenoxy) is 1. The van der Waals surface area contributed by atoms with Gasteiger partial charge in [0.15, 0.2) is 5.60 Å². The molecule has 108 valence electrons. The smallest absolute Gasteiger partial charge is 0.410 e. The van der Waals surface area contributed by atoms with Crippen LogP contribution >= 0.6 is 0 Å².